The minimum Gasteiger partial charge on any atom is -0.411 e. The summed E-state index contributed by atoms with van der Waals surface area (Å²) in [5, 5.41) is 0.299. The number of halogens is 1. The SMILES string of the molecule is CC(C)CC(Cl)=COP(=O)(O)O. The second kappa shape index (κ2) is 4.87. The van der Waals surface area contributed by atoms with Crippen LogP contribution in [-0.4, -0.2) is 9.79 Å². The van der Waals surface area contributed by atoms with E-state index in [4.69, 9.17) is 21.4 Å². The molecule has 0 amide bonds. The van der Waals surface area contributed by atoms with Gasteiger partial charge in [-0.3, -0.25) is 9.79 Å². The van der Waals surface area contributed by atoms with Gasteiger partial charge in [0.25, 0.3) is 0 Å². The number of hydrogen-bond donors (Lipinski definition) is 2. The van der Waals surface area contributed by atoms with Crippen LogP contribution in [0, 0.1) is 5.92 Å². The number of hydrogen-bond acceptors (Lipinski definition) is 2. The Hall–Kier alpha value is -0.0200. The first-order chi connectivity index (χ1) is 5.31. The molecule has 0 aliphatic heterocycles. The molecule has 2 N–H and O–H groups in total. The van der Waals surface area contributed by atoms with Crippen LogP contribution in [0.2, 0.25) is 0 Å². The van der Waals surface area contributed by atoms with Crippen molar-refractivity contribution in [3.05, 3.63) is 11.3 Å². The molecule has 0 aliphatic rings. The Morgan fingerprint density at radius 2 is 2.17 bits per heavy atom. The topological polar surface area (TPSA) is 66.8 Å². The second-order valence-electron chi connectivity index (χ2n) is 2.76. The maximum absolute atomic E-state index is 10.2. The van der Waals surface area contributed by atoms with E-state index in [-0.39, 0.29) is 0 Å². The summed E-state index contributed by atoms with van der Waals surface area (Å²) in [6, 6.07) is 0. The van der Waals surface area contributed by atoms with Gasteiger partial charge < -0.3 is 4.52 Å². The Morgan fingerprint density at radius 3 is 2.50 bits per heavy atom. The summed E-state index contributed by atoms with van der Waals surface area (Å²) in [4.78, 5) is 16.6. The first kappa shape index (κ1) is 12.0. The zero-order chi connectivity index (χ0) is 9.78. The van der Waals surface area contributed by atoms with Crippen LogP contribution in [0.3, 0.4) is 0 Å². The molecule has 0 saturated carbocycles. The van der Waals surface area contributed by atoms with Crippen molar-refractivity contribution in [1.82, 2.24) is 0 Å². The third-order valence-corrected chi connectivity index (χ3v) is 1.54. The molecule has 0 fully saturated rings. The summed E-state index contributed by atoms with van der Waals surface area (Å²) >= 11 is 5.57. The highest BCUT2D eigenvalue weighted by atomic mass is 35.5. The predicted octanol–water partition coefficient (Wildman–Crippen LogP) is 2.22. The maximum atomic E-state index is 10.2. The molecular weight excluding hydrogens is 202 g/mol. The summed E-state index contributed by atoms with van der Waals surface area (Å²) in [7, 11) is -4.42. The zero-order valence-corrected chi connectivity index (χ0v) is 8.55. The molecule has 12 heavy (non-hydrogen) atoms. The largest absolute Gasteiger partial charge is 0.524 e. The van der Waals surface area contributed by atoms with Crippen LogP contribution in [0.25, 0.3) is 0 Å². The smallest absolute Gasteiger partial charge is 0.411 e. The van der Waals surface area contributed by atoms with Gasteiger partial charge in [0.2, 0.25) is 0 Å². The Bertz CT molecular complexity index is 208. The Kier molecular flexibility index (Phi) is 4.87. The van der Waals surface area contributed by atoms with Gasteiger partial charge in [-0.05, 0) is 12.3 Å². The summed E-state index contributed by atoms with van der Waals surface area (Å²) in [5.41, 5.74) is 0. The Morgan fingerprint density at radius 1 is 1.67 bits per heavy atom. The van der Waals surface area contributed by atoms with Gasteiger partial charge >= 0.3 is 7.82 Å². The summed E-state index contributed by atoms with van der Waals surface area (Å²) in [6.07, 6.45) is 1.43. The molecule has 0 atom stereocenters. The number of phosphoric acid groups is 1. The highest BCUT2D eigenvalue weighted by Crippen LogP contribution is 2.37. The fourth-order valence-electron chi connectivity index (χ4n) is 0.564. The fourth-order valence-corrected chi connectivity index (χ4v) is 1.24. The number of allylic oxidation sites excluding steroid dienone is 1. The molecule has 0 aromatic carbocycles. The monoisotopic (exact) mass is 214 g/mol. The van der Waals surface area contributed by atoms with Gasteiger partial charge in [0.1, 0.15) is 6.26 Å². The summed E-state index contributed by atoms with van der Waals surface area (Å²) < 4.78 is 14.3. The lowest BCUT2D eigenvalue weighted by atomic mass is 10.1. The highest BCUT2D eigenvalue weighted by Gasteiger charge is 2.12. The lowest BCUT2D eigenvalue weighted by Crippen LogP contribution is -1.87. The molecule has 6 heteroatoms. The molecular formula is C6H12ClO4P. The van der Waals surface area contributed by atoms with Crippen molar-refractivity contribution < 1.29 is 18.9 Å². The lowest BCUT2D eigenvalue weighted by Gasteiger charge is -2.04. The first-order valence-electron chi connectivity index (χ1n) is 3.40. The molecule has 0 heterocycles. The molecule has 0 aliphatic carbocycles. The van der Waals surface area contributed by atoms with Gasteiger partial charge in [-0.1, -0.05) is 25.4 Å². The molecule has 0 aromatic rings. The van der Waals surface area contributed by atoms with Crippen molar-refractivity contribution in [2.75, 3.05) is 0 Å². The molecule has 0 rings (SSSR count). The van der Waals surface area contributed by atoms with Gasteiger partial charge in [-0.15, -0.1) is 0 Å². The van der Waals surface area contributed by atoms with E-state index in [0.717, 1.165) is 6.26 Å². The summed E-state index contributed by atoms with van der Waals surface area (Å²) in [6.45, 7) is 3.88. The van der Waals surface area contributed by atoms with Crippen LogP contribution >= 0.6 is 19.4 Å². The molecule has 4 nitrogen and oxygen atoms in total. The minimum atomic E-state index is -4.42. The average Bonchev–Trinajstić information content (AvgIpc) is 1.80. The molecule has 0 spiro atoms. The van der Waals surface area contributed by atoms with E-state index in [2.05, 4.69) is 4.52 Å². The van der Waals surface area contributed by atoms with Crippen LogP contribution < -0.4 is 0 Å². The van der Waals surface area contributed by atoms with E-state index in [1.807, 2.05) is 13.8 Å². The van der Waals surface area contributed by atoms with Crippen LogP contribution in [0.1, 0.15) is 20.3 Å². The fraction of sp³-hybridized carbons (Fsp3) is 0.667. The van der Waals surface area contributed by atoms with Gasteiger partial charge in [0.05, 0.1) is 5.03 Å². The molecule has 0 saturated heterocycles. The van der Waals surface area contributed by atoms with Crippen molar-refractivity contribution in [1.29, 1.82) is 0 Å². The predicted molar refractivity (Wildman–Crippen MR) is 46.5 cm³/mol. The van der Waals surface area contributed by atoms with E-state index in [1.165, 1.54) is 0 Å². The van der Waals surface area contributed by atoms with E-state index in [9.17, 15) is 4.57 Å². The van der Waals surface area contributed by atoms with Crippen LogP contribution in [0.4, 0.5) is 0 Å². The quantitative estimate of drug-likeness (QED) is 0.556. The Labute approximate surface area is 76.4 Å². The van der Waals surface area contributed by atoms with Gasteiger partial charge in [-0.25, -0.2) is 4.57 Å². The van der Waals surface area contributed by atoms with E-state index < -0.39 is 7.82 Å². The van der Waals surface area contributed by atoms with Crippen LogP contribution in [0.5, 0.6) is 0 Å². The Balaban J connectivity index is 3.93. The maximum Gasteiger partial charge on any atom is 0.524 e. The molecule has 72 valence electrons. The molecule has 0 unspecified atom stereocenters. The third-order valence-electron chi connectivity index (χ3n) is 0.921. The van der Waals surface area contributed by atoms with E-state index in [1.54, 1.807) is 0 Å². The normalized spacial score (nSPS) is 13.7. The third kappa shape index (κ3) is 8.08. The van der Waals surface area contributed by atoms with Crippen LogP contribution in [-0.2, 0) is 9.09 Å². The summed E-state index contributed by atoms with van der Waals surface area (Å²) in [5.74, 6) is 0.328. The lowest BCUT2D eigenvalue weighted by molar-refractivity contribution is 0.257. The van der Waals surface area contributed by atoms with Crippen LogP contribution in [0.15, 0.2) is 11.3 Å². The number of rotatable bonds is 4. The van der Waals surface area contributed by atoms with E-state index in [0.29, 0.717) is 17.4 Å². The van der Waals surface area contributed by atoms with Crippen molar-refractivity contribution in [2.24, 2.45) is 5.92 Å². The van der Waals surface area contributed by atoms with E-state index >= 15 is 0 Å². The number of phosphoric ester groups is 1. The standard InChI is InChI=1S/C6H12ClO4P/c1-5(2)3-6(7)4-11-12(8,9)10/h4-5H,3H2,1-2H3,(H2,8,9,10). The highest BCUT2D eigenvalue weighted by molar-refractivity contribution is 7.46. The zero-order valence-electron chi connectivity index (χ0n) is 6.90. The molecule has 0 radical (unpaired) electrons. The van der Waals surface area contributed by atoms with Gasteiger partial charge in [-0.2, -0.15) is 0 Å². The minimum absolute atomic E-state index is 0.299. The second-order valence-corrected chi connectivity index (χ2v) is 4.44. The van der Waals surface area contributed by atoms with Crippen molar-refractivity contribution in [3.63, 3.8) is 0 Å². The average molecular weight is 215 g/mol. The van der Waals surface area contributed by atoms with Crippen molar-refractivity contribution >= 4 is 19.4 Å². The molecule has 0 bridgehead atoms. The van der Waals surface area contributed by atoms with Crippen molar-refractivity contribution in [2.45, 2.75) is 20.3 Å². The first-order valence-corrected chi connectivity index (χ1v) is 5.30. The van der Waals surface area contributed by atoms with Gasteiger partial charge in [0.15, 0.2) is 0 Å². The van der Waals surface area contributed by atoms with Gasteiger partial charge in [0, 0.05) is 0 Å². The molecule has 0 aromatic heterocycles. The van der Waals surface area contributed by atoms with Crippen molar-refractivity contribution in [3.8, 4) is 0 Å².